The highest BCUT2D eigenvalue weighted by Crippen LogP contribution is 2.19. The zero-order chi connectivity index (χ0) is 17.1. The van der Waals surface area contributed by atoms with Crippen molar-refractivity contribution >= 4 is 23.4 Å². The van der Waals surface area contributed by atoms with Crippen molar-refractivity contribution in [3.63, 3.8) is 0 Å². The van der Waals surface area contributed by atoms with Crippen LogP contribution >= 0.6 is 0 Å². The number of primary amides is 1. The van der Waals surface area contributed by atoms with Crippen molar-refractivity contribution in [1.82, 2.24) is 5.32 Å². The van der Waals surface area contributed by atoms with Gasteiger partial charge < -0.3 is 16.4 Å². The summed E-state index contributed by atoms with van der Waals surface area (Å²) in [6.45, 7) is 0. The van der Waals surface area contributed by atoms with Crippen LogP contribution in [0.5, 0.6) is 0 Å². The largest absolute Gasteiger partial charge is 0.366 e. The first-order valence-electron chi connectivity index (χ1n) is 7.65. The summed E-state index contributed by atoms with van der Waals surface area (Å²) in [4.78, 5) is 35.1. The van der Waals surface area contributed by atoms with Gasteiger partial charge in [0.15, 0.2) is 0 Å². The lowest BCUT2D eigenvalue weighted by atomic mass is 10.1. The van der Waals surface area contributed by atoms with E-state index in [4.69, 9.17) is 5.73 Å². The van der Waals surface area contributed by atoms with Gasteiger partial charge in [0, 0.05) is 28.4 Å². The molecule has 1 aliphatic rings. The van der Waals surface area contributed by atoms with Crippen LogP contribution in [0.2, 0.25) is 0 Å². The van der Waals surface area contributed by atoms with Gasteiger partial charge in [0.1, 0.15) is 0 Å². The molecule has 0 aromatic heterocycles. The molecule has 2 aromatic rings. The molecule has 6 nitrogen and oxygen atoms in total. The molecule has 6 heteroatoms. The molecule has 0 aliphatic heterocycles. The van der Waals surface area contributed by atoms with Crippen molar-refractivity contribution in [3.05, 3.63) is 65.2 Å². The van der Waals surface area contributed by atoms with Crippen LogP contribution in [0.1, 0.15) is 43.9 Å². The Kier molecular flexibility index (Phi) is 4.29. The van der Waals surface area contributed by atoms with Gasteiger partial charge >= 0.3 is 0 Å². The van der Waals surface area contributed by atoms with Gasteiger partial charge in [-0.3, -0.25) is 14.4 Å². The van der Waals surface area contributed by atoms with Gasteiger partial charge in [-0.15, -0.1) is 0 Å². The highest BCUT2D eigenvalue weighted by molar-refractivity contribution is 6.05. The normalized spacial score (nSPS) is 13.2. The van der Waals surface area contributed by atoms with Crippen molar-refractivity contribution in [2.45, 2.75) is 18.9 Å². The third kappa shape index (κ3) is 3.78. The highest BCUT2D eigenvalue weighted by Gasteiger charge is 2.23. The quantitative estimate of drug-likeness (QED) is 0.783. The molecule has 3 amide bonds. The SMILES string of the molecule is NC(=O)c1ccc(C(=O)Nc2ccc(C(=O)NC3CC3)cc2)cc1. The molecular formula is C18H17N3O3. The highest BCUT2D eigenvalue weighted by atomic mass is 16.2. The third-order valence-electron chi connectivity index (χ3n) is 3.75. The molecule has 0 bridgehead atoms. The van der Waals surface area contributed by atoms with Crippen molar-refractivity contribution in [1.29, 1.82) is 0 Å². The van der Waals surface area contributed by atoms with Crippen molar-refractivity contribution in [2.24, 2.45) is 5.73 Å². The Morgan fingerprint density at radius 1 is 0.792 bits per heavy atom. The molecule has 2 aromatic carbocycles. The Morgan fingerprint density at radius 2 is 1.29 bits per heavy atom. The number of benzene rings is 2. The summed E-state index contributed by atoms with van der Waals surface area (Å²) in [5.41, 5.74) is 7.07. The predicted molar refractivity (Wildman–Crippen MR) is 89.8 cm³/mol. The molecule has 0 heterocycles. The summed E-state index contributed by atoms with van der Waals surface area (Å²) in [6.07, 6.45) is 2.07. The van der Waals surface area contributed by atoms with Gasteiger partial charge in [-0.05, 0) is 61.4 Å². The molecule has 3 rings (SSSR count). The number of hydrogen-bond acceptors (Lipinski definition) is 3. The first kappa shape index (κ1) is 15.7. The number of carbonyl (C=O) groups excluding carboxylic acids is 3. The molecule has 4 N–H and O–H groups in total. The molecule has 1 aliphatic carbocycles. The monoisotopic (exact) mass is 323 g/mol. The molecule has 24 heavy (non-hydrogen) atoms. The lowest BCUT2D eigenvalue weighted by Gasteiger charge is -2.07. The fourth-order valence-corrected chi connectivity index (χ4v) is 2.19. The van der Waals surface area contributed by atoms with Crippen molar-refractivity contribution in [3.8, 4) is 0 Å². The Bertz CT molecular complexity index is 778. The van der Waals surface area contributed by atoms with Gasteiger partial charge in [-0.1, -0.05) is 0 Å². The van der Waals surface area contributed by atoms with Crippen LogP contribution in [-0.2, 0) is 0 Å². The number of nitrogens with one attached hydrogen (secondary N) is 2. The van der Waals surface area contributed by atoms with Crippen LogP contribution in [0, 0.1) is 0 Å². The van der Waals surface area contributed by atoms with E-state index < -0.39 is 5.91 Å². The third-order valence-corrected chi connectivity index (χ3v) is 3.75. The smallest absolute Gasteiger partial charge is 0.255 e. The number of rotatable bonds is 5. The average molecular weight is 323 g/mol. The van der Waals surface area contributed by atoms with Gasteiger partial charge in [-0.2, -0.15) is 0 Å². The van der Waals surface area contributed by atoms with E-state index in [0.717, 1.165) is 12.8 Å². The maximum atomic E-state index is 12.2. The summed E-state index contributed by atoms with van der Waals surface area (Å²) >= 11 is 0. The molecular weight excluding hydrogens is 306 g/mol. The average Bonchev–Trinajstić information content (AvgIpc) is 3.39. The number of nitrogens with two attached hydrogens (primary N) is 1. The predicted octanol–water partition coefficient (Wildman–Crippen LogP) is 1.93. The van der Waals surface area contributed by atoms with E-state index in [2.05, 4.69) is 10.6 Å². The van der Waals surface area contributed by atoms with Crippen LogP contribution in [0.3, 0.4) is 0 Å². The fraction of sp³-hybridized carbons (Fsp3) is 0.167. The first-order chi connectivity index (χ1) is 11.5. The summed E-state index contributed by atoms with van der Waals surface area (Å²) in [6, 6.07) is 13.1. The van der Waals surface area contributed by atoms with E-state index in [1.807, 2.05) is 0 Å². The maximum Gasteiger partial charge on any atom is 0.255 e. The van der Waals surface area contributed by atoms with E-state index in [9.17, 15) is 14.4 Å². The number of carbonyl (C=O) groups is 3. The molecule has 122 valence electrons. The molecule has 0 radical (unpaired) electrons. The van der Waals surface area contributed by atoms with E-state index in [-0.39, 0.29) is 11.8 Å². The molecule has 0 spiro atoms. The second kappa shape index (κ2) is 6.54. The summed E-state index contributed by atoms with van der Waals surface area (Å²) < 4.78 is 0. The minimum Gasteiger partial charge on any atom is -0.366 e. The van der Waals surface area contributed by atoms with Crippen molar-refractivity contribution < 1.29 is 14.4 Å². The lowest BCUT2D eigenvalue weighted by molar-refractivity contribution is 0.0949. The molecule has 1 saturated carbocycles. The Morgan fingerprint density at radius 3 is 1.83 bits per heavy atom. The van der Waals surface area contributed by atoms with E-state index >= 15 is 0 Å². The van der Waals surface area contributed by atoms with E-state index in [0.29, 0.717) is 28.4 Å². The standard InChI is InChI=1S/C18H17N3O3/c19-16(22)11-1-3-12(4-2-11)17(23)20-14-7-5-13(6-8-14)18(24)21-15-9-10-15/h1-8,15H,9-10H2,(H2,19,22)(H,20,23)(H,21,24). The summed E-state index contributed by atoms with van der Waals surface area (Å²) in [7, 11) is 0. The minimum absolute atomic E-state index is 0.0996. The lowest BCUT2D eigenvalue weighted by Crippen LogP contribution is -2.25. The van der Waals surface area contributed by atoms with Crippen LogP contribution < -0.4 is 16.4 Å². The topological polar surface area (TPSA) is 101 Å². The van der Waals surface area contributed by atoms with Crippen LogP contribution in [0.4, 0.5) is 5.69 Å². The van der Waals surface area contributed by atoms with E-state index in [1.165, 1.54) is 24.3 Å². The fourth-order valence-electron chi connectivity index (χ4n) is 2.19. The van der Waals surface area contributed by atoms with Gasteiger partial charge in [0.05, 0.1) is 0 Å². The van der Waals surface area contributed by atoms with Crippen LogP contribution in [-0.4, -0.2) is 23.8 Å². The summed E-state index contributed by atoms with van der Waals surface area (Å²) in [5, 5.41) is 5.65. The number of anilines is 1. The Hall–Kier alpha value is -3.15. The van der Waals surface area contributed by atoms with Gasteiger partial charge in [-0.25, -0.2) is 0 Å². The second-order valence-corrected chi connectivity index (χ2v) is 5.72. The minimum atomic E-state index is -0.540. The maximum absolute atomic E-state index is 12.2. The zero-order valence-electron chi connectivity index (χ0n) is 12.9. The molecule has 0 atom stereocenters. The first-order valence-corrected chi connectivity index (χ1v) is 7.65. The Labute approximate surface area is 139 Å². The number of amides is 3. The summed E-state index contributed by atoms with van der Waals surface area (Å²) in [5.74, 6) is -0.944. The van der Waals surface area contributed by atoms with Crippen LogP contribution in [0.15, 0.2) is 48.5 Å². The molecule has 0 saturated heterocycles. The zero-order valence-corrected chi connectivity index (χ0v) is 12.9. The van der Waals surface area contributed by atoms with Gasteiger partial charge in [0.2, 0.25) is 5.91 Å². The van der Waals surface area contributed by atoms with Gasteiger partial charge in [0.25, 0.3) is 11.8 Å². The second-order valence-electron chi connectivity index (χ2n) is 5.72. The van der Waals surface area contributed by atoms with Crippen LogP contribution in [0.25, 0.3) is 0 Å². The van der Waals surface area contributed by atoms with Crippen molar-refractivity contribution in [2.75, 3.05) is 5.32 Å². The number of hydrogen-bond donors (Lipinski definition) is 3. The molecule has 0 unspecified atom stereocenters. The molecule has 1 fully saturated rings. The Balaban J connectivity index is 1.63. The van der Waals surface area contributed by atoms with E-state index in [1.54, 1.807) is 24.3 Å².